The van der Waals surface area contributed by atoms with Gasteiger partial charge in [-0.15, -0.1) is 0 Å². The van der Waals surface area contributed by atoms with Crippen LogP contribution in [0.2, 0.25) is 0 Å². The number of aromatic hydroxyl groups is 1. The fraction of sp³-hybridized carbons (Fsp3) is 0.643. The van der Waals surface area contributed by atoms with Crippen molar-refractivity contribution in [3.8, 4) is 5.75 Å². The van der Waals surface area contributed by atoms with Crippen LogP contribution in [-0.4, -0.2) is 66.2 Å². The molecule has 19 heavy (non-hydrogen) atoms. The molecule has 0 atom stereocenters. The van der Waals surface area contributed by atoms with Crippen molar-refractivity contribution in [1.82, 2.24) is 20.1 Å². The van der Waals surface area contributed by atoms with E-state index < -0.39 is 0 Å². The van der Waals surface area contributed by atoms with Crippen molar-refractivity contribution in [2.75, 3.05) is 46.3 Å². The van der Waals surface area contributed by atoms with Crippen molar-refractivity contribution in [2.24, 2.45) is 0 Å². The minimum Gasteiger partial charge on any atom is -0.506 e. The van der Waals surface area contributed by atoms with Crippen LogP contribution < -0.4 is 5.32 Å². The zero-order chi connectivity index (χ0) is 13.5. The van der Waals surface area contributed by atoms with Crippen LogP contribution in [0.15, 0.2) is 18.3 Å². The molecule has 2 heterocycles. The summed E-state index contributed by atoms with van der Waals surface area (Å²) in [5.74, 6) is 0.221. The third kappa shape index (κ3) is 5.14. The second kappa shape index (κ2) is 7.43. The van der Waals surface area contributed by atoms with Gasteiger partial charge in [-0.1, -0.05) is 0 Å². The van der Waals surface area contributed by atoms with E-state index in [0.717, 1.165) is 18.8 Å². The highest BCUT2D eigenvalue weighted by molar-refractivity contribution is 5.17. The molecule has 0 bridgehead atoms. The van der Waals surface area contributed by atoms with E-state index in [2.05, 4.69) is 27.1 Å². The predicted molar refractivity (Wildman–Crippen MR) is 76.2 cm³/mol. The Balaban J connectivity index is 1.53. The van der Waals surface area contributed by atoms with Crippen LogP contribution in [-0.2, 0) is 6.54 Å². The standard InChI is InChI=1S/C14H24N4O/c1-17-7-9-18(10-8-17)6-2-5-15-11-13-3-4-14(19)12-16-13/h3-4,12,15,19H,2,5-11H2,1H3. The molecular weight excluding hydrogens is 240 g/mol. The van der Waals surface area contributed by atoms with Crippen LogP contribution in [0.4, 0.5) is 0 Å². The van der Waals surface area contributed by atoms with Gasteiger partial charge in [-0.05, 0) is 38.7 Å². The average Bonchev–Trinajstić information content (AvgIpc) is 2.43. The molecule has 1 aliphatic rings. The van der Waals surface area contributed by atoms with Gasteiger partial charge in [-0.3, -0.25) is 4.98 Å². The maximum Gasteiger partial charge on any atom is 0.133 e. The normalized spacial score (nSPS) is 17.7. The maximum atomic E-state index is 9.14. The first-order valence-electron chi connectivity index (χ1n) is 6.99. The SMILES string of the molecule is CN1CCN(CCCNCc2ccc(O)cn2)CC1. The van der Waals surface area contributed by atoms with Crippen LogP contribution >= 0.6 is 0 Å². The number of likely N-dealkylation sites (N-methyl/N-ethyl adjacent to an activating group) is 1. The van der Waals surface area contributed by atoms with E-state index >= 15 is 0 Å². The van der Waals surface area contributed by atoms with Crippen molar-refractivity contribution in [3.05, 3.63) is 24.0 Å². The highest BCUT2D eigenvalue weighted by atomic mass is 16.3. The number of hydrogen-bond donors (Lipinski definition) is 2. The molecule has 1 aliphatic heterocycles. The lowest BCUT2D eigenvalue weighted by Gasteiger charge is -2.32. The quantitative estimate of drug-likeness (QED) is 0.734. The summed E-state index contributed by atoms with van der Waals surface area (Å²) in [6, 6.07) is 3.52. The number of aromatic nitrogens is 1. The van der Waals surface area contributed by atoms with E-state index in [1.54, 1.807) is 6.07 Å². The van der Waals surface area contributed by atoms with Gasteiger partial charge in [0, 0.05) is 32.7 Å². The summed E-state index contributed by atoms with van der Waals surface area (Å²) in [4.78, 5) is 9.05. The molecular formula is C14H24N4O. The van der Waals surface area contributed by atoms with Crippen LogP contribution in [0, 0.1) is 0 Å². The number of rotatable bonds is 6. The van der Waals surface area contributed by atoms with E-state index in [0.29, 0.717) is 0 Å². The summed E-state index contributed by atoms with van der Waals surface area (Å²) in [5.41, 5.74) is 0.970. The van der Waals surface area contributed by atoms with Gasteiger partial charge in [0.25, 0.3) is 0 Å². The molecule has 0 spiro atoms. The lowest BCUT2D eigenvalue weighted by Crippen LogP contribution is -2.45. The molecule has 0 aliphatic carbocycles. The van der Waals surface area contributed by atoms with Crippen LogP contribution in [0.5, 0.6) is 5.75 Å². The number of hydrogen-bond acceptors (Lipinski definition) is 5. The highest BCUT2D eigenvalue weighted by Gasteiger charge is 2.12. The minimum absolute atomic E-state index is 0.221. The summed E-state index contributed by atoms with van der Waals surface area (Å²) in [5, 5.41) is 12.5. The first-order chi connectivity index (χ1) is 9.24. The van der Waals surface area contributed by atoms with Gasteiger partial charge in [-0.2, -0.15) is 0 Å². The molecule has 5 nitrogen and oxygen atoms in total. The van der Waals surface area contributed by atoms with Gasteiger partial charge in [0.1, 0.15) is 5.75 Å². The molecule has 1 aromatic heterocycles. The van der Waals surface area contributed by atoms with E-state index in [-0.39, 0.29) is 5.75 Å². The Morgan fingerprint density at radius 1 is 1.26 bits per heavy atom. The zero-order valence-electron chi connectivity index (χ0n) is 11.7. The van der Waals surface area contributed by atoms with Crippen molar-refractivity contribution < 1.29 is 5.11 Å². The van der Waals surface area contributed by atoms with E-state index in [1.807, 2.05) is 6.07 Å². The summed E-state index contributed by atoms with van der Waals surface area (Å²) in [7, 11) is 2.18. The third-order valence-electron chi connectivity index (χ3n) is 3.54. The molecule has 106 valence electrons. The molecule has 0 unspecified atom stereocenters. The number of nitrogens with zero attached hydrogens (tertiary/aromatic N) is 3. The van der Waals surface area contributed by atoms with Crippen molar-refractivity contribution in [3.63, 3.8) is 0 Å². The fourth-order valence-electron chi connectivity index (χ4n) is 2.24. The van der Waals surface area contributed by atoms with E-state index in [9.17, 15) is 0 Å². The topological polar surface area (TPSA) is 51.6 Å². The molecule has 1 fully saturated rings. The Kier molecular flexibility index (Phi) is 5.57. The molecule has 0 saturated carbocycles. The van der Waals surface area contributed by atoms with Crippen LogP contribution in [0.3, 0.4) is 0 Å². The van der Waals surface area contributed by atoms with Gasteiger partial charge >= 0.3 is 0 Å². The smallest absolute Gasteiger partial charge is 0.133 e. The van der Waals surface area contributed by atoms with Gasteiger partial charge in [0.2, 0.25) is 0 Å². The Morgan fingerprint density at radius 2 is 2.05 bits per heavy atom. The molecule has 2 rings (SSSR count). The van der Waals surface area contributed by atoms with Gasteiger partial charge in [-0.25, -0.2) is 0 Å². The highest BCUT2D eigenvalue weighted by Crippen LogP contribution is 2.05. The summed E-state index contributed by atoms with van der Waals surface area (Å²) in [6.45, 7) is 7.70. The fourth-order valence-corrected chi connectivity index (χ4v) is 2.24. The average molecular weight is 264 g/mol. The molecule has 2 N–H and O–H groups in total. The Hall–Kier alpha value is -1.17. The Labute approximate surface area is 115 Å². The summed E-state index contributed by atoms with van der Waals surface area (Å²) >= 11 is 0. The van der Waals surface area contributed by atoms with Crippen molar-refractivity contribution >= 4 is 0 Å². The molecule has 0 amide bonds. The van der Waals surface area contributed by atoms with Gasteiger partial charge in [0.15, 0.2) is 0 Å². The van der Waals surface area contributed by atoms with Crippen molar-refractivity contribution in [2.45, 2.75) is 13.0 Å². The van der Waals surface area contributed by atoms with Crippen molar-refractivity contribution in [1.29, 1.82) is 0 Å². The molecule has 5 heteroatoms. The monoisotopic (exact) mass is 264 g/mol. The number of pyridine rings is 1. The molecule has 1 saturated heterocycles. The lowest BCUT2D eigenvalue weighted by atomic mass is 10.3. The second-order valence-corrected chi connectivity index (χ2v) is 5.18. The Bertz CT molecular complexity index is 360. The summed E-state index contributed by atoms with van der Waals surface area (Å²) < 4.78 is 0. The second-order valence-electron chi connectivity index (χ2n) is 5.18. The minimum atomic E-state index is 0.221. The lowest BCUT2D eigenvalue weighted by molar-refractivity contribution is 0.152. The molecule has 1 aromatic rings. The number of nitrogens with one attached hydrogen (secondary N) is 1. The van der Waals surface area contributed by atoms with Gasteiger partial charge in [0.05, 0.1) is 11.9 Å². The number of piperazine rings is 1. The maximum absolute atomic E-state index is 9.14. The zero-order valence-corrected chi connectivity index (χ0v) is 11.7. The molecule has 0 aromatic carbocycles. The van der Waals surface area contributed by atoms with E-state index in [4.69, 9.17) is 5.11 Å². The van der Waals surface area contributed by atoms with Crippen LogP contribution in [0.25, 0.3) is 0 Å². The first-order valence-corrected chi connectivity index (χ1v) is 6.99. The third-order valence-corrected chi connectivity index (χ3v) is 3.54. The van der Waals surface area contributed by atoms with Crippen LogP contribution in [0.1, 0.15) is 12.1 Å². The predicted octanol–water partition coefficient (Wildman–Crippen LogP) is 0.514. The van der Waals surface area contributed by atoms with Gasteiger partial charge < -0.3 is 20.2 Å². The summed E-state index contributed by atoms with van der Waals surface area (Å²) in [6.07, 6.45) is 2.66. The Morgan fingerprint density at radius 3 is 2.74 bits per heavy atom. The van der Waals surface area contributed by atoms with E-state index in [1.165, 1.54) is 45.3 Å². The largest absolute Gasteiger partial charge is 0.506 e. The first kappa shape index (κ1) is 14.2. The molecule has 0 radical (unpaired) electrons.